The fraction of sp³-hybridized carbons (Fsp3) is 0.650. The minimum atomic E-state index is 0.0690. The van der Waals surface area contributed by atoms with Gasteiger partial charge in [0.2, 0.25) is 0 Å². The van der Waals surface area contributed by atoms with Gasteiger partial charge in [0.25, 0.3) is 0 Å². The summed E-state index contributed by atoms with van der Waals surface area (Å²) in [5.74, 6) is 0.567. The first-order valence-corrected chi connectivity index (χ1v) is 9.64. The SMILES string of the molecule is CCN(CC1CCN(Cc2ccccc2)C1)C(=O)NC1CCCOC1. The maximum Gasteiger partial charge on any atom is 0.317 e. The number of rotatable bonds is 6. The lowest BCUT2D eigenvalue weighted by Gasteiger charge is -2.29. The molecule has 2 aliphatic rings. The van der Waals surface area contributed by atoms with Gasteiger partial charge < -0.3 is 15.0 Å². The van der Waals surface area contributed by atoms with Crippen molar-refractivity contribution in [3.05, 3.63) is 35.9 Å². The third kappa shape index (κ3) is 5.44. The standard InChI is InChI=1S/C20H31N3O2/c1-2-23(20(24)21-19-9-6-12-25-16-19)15-18-10-11-22(14-18)13-17-7-4-3-5-8-17/h3-5,7-8,18-19H,2,6,9-16H2,1H3,(H,21,24). The Morgan fingerprint density at radius 2 is 2.16 bits per heavy atom. The summed E-state index contributed by atoms with van der Waals surface area (Å²) in [5.41, 5.74) is 1.37. The summed E-state index contributed by atoms with van der Waals surface area (Å²) in [5, 5.41) is 3.14. The Morgan fingerprint density at radius 3 is 2.88 bits per heavy atom. The van der Waals surface area contributed by atoms with Crippen LogP contribution in [0, 0.1) is 5.92 Å². The molecule has 3 rings (SSSR count). The van der Waals surface area contributed by atoms with Crippen LogP contribution in [-0.2, 0) is 11.3 Å². The van der Waals surface area contributed by atoms with E-state index >= 15 is 0 Å². The van der Waals surface area contributed by atoms with E-state index in [0.717, 1.165) is 52.2 Å². The Morgan fingerprint density at radius 1 is 1.32 bits per heavy atom. The second-order valence-corrected chi connectivity index (χ2v) is 7.28. The zero-order chi connectivity index (χ0) is 17.5. The van der Waals surface area contributed by atoms with Gasteiger partial charge in [0.1, 0.15) is 0 Å². The van der Waals surface area contributed by atoms with E-state index in [-0.39, 0.29) is 12.1 Å². The van der Waals surface area contributed by atoms with Gasteiger partial charge in [-0.1, -0.05) is 30.3 Å². The van der Waals surface area contributed by atoms with Crippen molar-refractivity contribution in [2.24, 2.45) is 5.92 Å². The molecule has 1 N–H and O–H groups in total. The van der Waals surface area contributed by atoms with E-state index < -0.39 is 0 Å². The van der Waals surface area contributed by atoms with Crippen LogP contribution in [0.5, 0.6) is 0 Å². The summed E-state index contributed by atoms with van der Waals surface area (Å²) in [7, 11) is 0. The van der Waals surface area contributed by atoms with E-state index in [1.165, 1.54) is 12.0 Å². The fourth-order valence-electron chi connectivity index (χ4n) is 3.83. The van der Waals surface area contributed by atoms with Crippen LogP contribution in [0.3, 0.4) is 0 Å². The van der Waals surface area contributed by atoms with Crippen molar-refractivity contribution in [3.63, 3.8) is 0 Å². The molecule has 0 spiro atoms. The molecule has 2 fully saturated rings. The highest BCUT2D eigenvalue weighted by Crippen LogP contribution is 2.20. The number of benzene rings is 1. The monoisotopic (exact) mass is 345 g/mol. The van der Waals surface area contributed by atoms with E-state index in [9.17, 15) is 4.79 Å². The molecule has 138 valence electrons. The Balaban J connectivity index is 1.44. The van der Waals surface area contributed by atoms with Crippen LogP contribution in [0.15, 0.2) is 30.3 Å². The second-order valence-electron chi connectivity index (χ2n) is 7.28. The van der Waals surface area contributed by atoms with Gasteiger partial charge in [-0.15, -0.1) is 0 Å². The average Bonchev–Trinajstić information content (AvgIpc) is 3.08. The molecule has 2 amide bonds. The van der Waals surface area contributed by atoms with Crippen LogP contribution in [0.4, 0.5) is 4.79 Å². The minimum absolute atomic E-state index is 0.0690. The van der Waals surface area contributed by atoms with Gasteiger partial charge in [0.15, 0.2) is 0 Å². The van der Waals surface area contributed by atoms with Crippen LogP contribution in [-0.4, -0.2) is 61.3 Å². The van der Waals surface area contributed by atoms with Crippen LogP contribution in [0.25, 0.3) is 0 Å². The Hall–Kier alpha value is -1.59. The molecule has 5 nitrogen and oxygen atoms in total. The van der Waals surface area contributed by atoms with Gasteiger partial charge in [0.05, 0.1) is 12.6 Å². The van der Waals surface area contributed by atoms with Crippen LogP contribution >= 0.6 is 0 Å². The summed E-state index contributed by atoms with van der Waals surface area (Å²) >= 11 is 0. The number of carbonyl (C=O) groups excluding carboxylic acids is 1. The molecule has 0 aliphatic carbocycles. The van der Waals surface area contributed by atoms with Crippen molar-refractivity contribution < 1.29 is 9.53 Å². The first-order valence-electron chi connectivity index (χ1n) is 9.64. The number of nitrogens with one attached hydrogen (secondary N) is 1. The Labute approximate surface area is 151 Å². The number of likely N-dealkylation sites (tertiary alicyclic amines) is 1. The number of amides is 2. The summed E-state index contributed by atoms with van der Waals surface area (Å²) in [6.07, 6.45) is 3.23. The molecule has 0 bridgehead atoms. The summed E-state index contributed by atoms with van der Waals surface area (Å²) < 4.78 is 5.46. The van der Waals surface area contributed by atoms with E-state index in [2.05, 4.69) is 47.5 Å². The summed E-state index contributed by atoms with van der Waals surface area (Å²) in [4.78, 5) is 17.0. The first-order chi connectivity index (χ1) is 12.2. The molecule has 2 unspecified atom stereocenters. The number of carbonyl (C=O) groups is 1. The van der Waals surface area contributed by atoms with E-state index in [4.69, 9.17) is 4.74 Å². The average molecular weight is 345 g/mol. The van der Waals surface area contributed by atoms with Crippen molar-refractivity contribution in [3.8, 4) is 0 Å². The minimum Gasteiger partial charge on any atom is -0.379 e. The topological polar surface area (TPSA) is 44.8 Å². The number of urea groups is 1. The highest BCUT2D eigenvalue weighted by atomic mass is 16.5. The predicted molar refractivity (Wildman–Crippen MR) is 99.4 cm³/mol. The van der Waals surface area contributed by atoms with Gasteiger partial charge in [-0.05, 0) is 44.2 Å². The van der Waals surface area contributed by atoms with Crippen LogP contribution in [0.2, 0.25) is 0 Å². The van der Waals surface area contributed by atoms with E-state index in [0.29, 0.717) is 12.5 Å². The molecule has 2 atom stereocenters. The quantitative estimate of drug-likeness (QED) is 0.862. The molecule has 1 aromatic carbocycles. The van der Waals surface area contributed by atoms with Gasteiger partial charge >= 0.3 is 6.03 Å². The van der Waals surface area contributed by atoms with E-state index in [1.807, 2.05) is 4.90 Å². The number of ether oxygens (including phenoxy) is 1. The smallest absolute Gasteiger partial charge is 0.317 e. The summed E-state index contributed by atoms with van der Waals surface area (Å²) in [6.45, 7) is 8.35. The van der Waals surface area contributed by atoms with Crippen LogP contribution < -0.4 is 5.32 Å². The lowest BCUT2D eigenvalue weighted by Crippen LogP contribution is -2.49. The molecule has 0 radical (unpaired) electrons. The zero-order valence-corrected chi connectivity index (χ0v) is 15.3. The molecular formula is C20H31N3O2. The third-order valence-electron chi connectivity index (χ3n) is 5.25. The third-order valence-corrected chi connectivity index (χ3v) is 5.25. The molecular weight excluding hydrogens is 314 g/mol. The van der Waals surface area contributed by atoms with Crippen molar-refractivity contribution in [1.82, 2.24) is 15.1 Å². The zero-order valence-electron chi connectivity index (χ0n) is 15.3. The van der Waals surface area contributed by atoms with Crippen molar-refractivity contribution in [1.29, 1.82) is 0 Å². The van der Waals surface area contributed by atoms with E-state index in [1.54, 1.807) is 0 Å². The number of hydrogen-bond acceptors (Lipinski definition) is 3. The van der Waals surface area contributed by atoms with Crippen molar-refractivity contribution in [2.75, 3.05) is 39.4 Å². The molecule has 2 aliphatic heterocycles. The van der Waals surface area contributed by atoms with Crippen molar-refractivity contribution >= 4 is 6.03 Å². The number of hydrogen-bond donors (Lipinski definition) is 1. The van der Waals surface area contributed by atoms with Gasteiger partial charge in [0, 0.05) is 32.8 Å². The lowest BCUT2D eigenvalue weighted by molar-refractivity contribution is 0.0704. The lowest BCUT2D eigenvalue weighted by atomic mass is 10.1. The predicted octanol–water partition coefficient (Wildman–Crippen LogP) is 2.72. The largest absolute Gasteiger partial charge is 0.379 e. The van der Waals surface area contributed by atoms with Crippen molar-refractivity contribution in [2.45, 2.75) is 38.8 Å². The maximum absolute atomic E-state index is 12.5. The fourth-order valence-corrected chi connectivity index (χ4v) is 3.83. The highest BCUT2D eigenvalue weighted by molar-refractivity contribution is 5.74. The Bertz CT molecular complexity index is 531. The second kappa shape index (κ2) is 9.20. The number of nitrogens with zero attached hydrogens (tertiary/aromatic N) is 2. The maximum atomic E-state index is 12.5. The van der Waals surface area contributed by atoms with Gasteiger partial charge in [-0.25, -0.2) is 4.79 Å². The molecule has 1 aromatic rings. The van der Waals surface area contributed by atoms with Crippen LogP contribution in [0.1, 0.15) is 31.7 Å². The highest BCUT2D eigenvalue weighted by Gasteiger charge is 2.27. The normalized spacial score (nSPS) is 24.2. The molecule has 0 aromatic heterocycles. The molecule has 25 heavy (non-hydrogen) atoms. The van der Waals surface area contributed by atoms with Gasteiger partial charge in [-0.3, -0.25) is 4.90 Å². The summed E-state index contributed by atoms with van der Waals surface area (Å²) in [6, 6.07) is 10.9. The Kier molecular flexibility index (Phi) is 6.70. The molecule has 2 saturated heterocycles. The first kappa shape index (κ1) is 18.2. The molecule has 0 saturated carbocycles. The molecule has 2 heterocycles. The van der Waals surface area contributed by atoms with Gasteiger partial charge in [-0.2, -0.15) is 0 Å². The molecule has 5 heteroatoms.